The third-order valence-corrected chi connectivity index (χ3v) is 5.66. The number of carbonyl (C=O) groups is 1. The minimum Gasteiger partial charge on any atom is -0.494 e. The molecule has 9 nitrogen and oxygen atoms in total. The van der Waals surface area contributed by atoms with Gasteiger partial charge in [0, 0.05) is 44.3 Å². The van der Waals surface area contributed by atoms with Crippen molar-refractivity contribution in [2.75, 3.05) is 14.2 Å². The first kappa shape index (κ1) is 25.7. The molecule has 1 N–H and O–H groups in total. The molecule has 3 heterocycles. The molecule has 0 saturated heterocycles. The summed E-state index contributed by atoms with van der Waals surface area (Å²) < 4.78 is 41.0. The first-order valence-corrected chi connectivity index (χ1v) is 11.3. The van der Waals surface area contributed by atoms with Crippen LogP contribution in [0.2, 0.25) is 0 Å². The van der Waals surface area contributed by atoms with Crippen LogP contribution in [0.15, 0.2) is 72.0 Å². The molecule has 11 heteroatoms. The highest BCUT2D eigenvalue weighted by Crippen LogP contribution is 2.19. The predicted molar refractivity (Wildman–Crippen MR) is 130 cm³/mol. The van der Waals surface area contributed by atoms with Gasteiger partial charge in [0.2, 0.25) is 0 Å². The number of pyridine rings is 2. The average molecular weight is 510 g/mol. The molecule has 1 atom stereocenters. The highest BCUT2D eigenvalue weighted by molar-refractivity contribution is 5.93. The van der Waals surface area contributed by atoms with E-state index in [0.717, 1.165) is 17.2 Å². The van der Waals surface area contributed by atoms with Crippen LogP contribution >= 0.6 is 0 Å². The zero-order valence-corrected chi connectivity index (χ0v) is 20.2. The molecule has 37 heavy (non-hydrogen) atoms. The van der Waals surface area contributed by atoms with Gasteiger partial charge in [-0.15, -0.1) is 0 Å². The van der Waals surface area contributed by atoms with Crippen molar-refractivity contribution in [3.63, 3.8) is 0 Å². The fraction of sp³-hybridized carbons (Fsp3) is 0.231. The largest absolute Gasteiger partial charge is 0.494 e. The Kier molecular flexibility index (Phi) is 8.04. The average Bonchev–Trinajstić information content (AvgIpc) is 3.36. The van der Waals surface area contributed by atoms with Gasteiger partial charge < -0.3 is 19.4 Å². The summed E-state index contributed by atoms with van der Waals surface area (Å²) in [6.45, 7) is 0.652. The van der Waals surface area contributed by atoms with Crippen molar-refractivity contribution in [3.8, 4) is 5.75 Å². The molecular weight excluding hydrogens is 484 g/mol. The van der Waals surface area contributed by atoms with Crippen LogP contribution in [0.4, 0.5) is 8.78 Å². The Morgan fingerprint density at radius 2 is 1.76 bits per heavy atom. The van der Waals surface area contributed by atoms with Crippen LogP contribution in [0.5, 0.6) is 5.75 Å². The summed E-state index contributed by atoms with van der Waals surface area (Å²) in [5.74, 6) is -1.46. The summed E-state index contributed by atoms with van der Waals surface area (Å²) in [6, 6.07) is 11.2. The van der Waals surface area contributed by atoms with E-state index in [4.69, 9.17) is 9.47 Å². The van der Waals surface area contributed by atoms with Gasteiger partial charge in [0.1, 0.15) is 12.0 Å². The molecular formula is C26H25F2N5O4. The Morgan fingerprint density at radius 3 is 2.46 bits per heavy atom. The Labute approximate surface area is 211 Å². The smallest absolute Gasteiger partial charge is 0.256 e. The lowest BCUT2D eigenvalue weighted by atomic mass is 10.1. The fourth-order valence-corrected chi connectivity index (χ4v) is 3.69. The molecule has 0 aliphatic carbocycles. The van der Waals surface area contributed by atoms with Gasteiger partial charge >= 0.3 is 0 Å². The lowest BCUT2D eigenvalue weighted by Crippen LogP contribution is -2.38. The van der Waals surface area contributed by atoms with Crippen LogP contribution in [-0.2, 0) is 24.2 Å². The third-order valence-electron chi connectivity index (χ3n) is 5.66. The molecule has 1 amide bonds. The van der Waals surface area contributed by atoms with E-state index in [-0.39, 0.29) is 30.0 Å². The number of nitrogens with zero attached hydrogens (tertiary/aromatic N) is 4. The summed E-state index contributed by atoms with van der Waals surface area (Å²) in [5.41, 5.74) is 1.88. The van der Waals surface area contributed by atoms with Crippen molar-refractivity contribution >= 4 is 5.91 Å². The molecule has 0 aliphatic rings. The molecule has 3 aromatic heterocycles. The van der Waals surface area contributed by atoms with Gasteiger partial charge in [-0.3, -0.25) is 19.3 Å². The number of hydrogen-bond acceptors (Lipinski definition) is 6. The van der Waals surface area contributed by atoms with Crippen LogP contribution in [-0.4, -0.2) is 45.7 Å². The van der Waals surface area contributed by atoms with E-state index in [0.29, 0.717) is 12.1 Å². The van der Waals surface area contributed by atoms with Crippen molar-refractivity contribution in [1.29, 1.82) is 0 Å². The highest BCUT2D eigenvalue weighted by atomic mass is 19.1. The van der Waals surface area contributed by atoms with E-state index < -0.39 is 23.8 Å². The number of benzene rings is 1. The molecule has 0 radical (unpaired) electrons. The van der Waals surface area contributed by atoms with Gasteiger partial charge in [-0.05, 0) is 17.2 Å². The molecule has 4 aromatic rings. The van der Waals surface area contributed by atoms with Crippen LogP contribution in [0.25, 0.3) is 0 Å². The molecule has 1 unspecified atom stereocenters. The Morgan fingerprint density at radius 1 is 1.03 bits per heavy atom. The van der Waals surface area contributed by atoms with Gasteiger partial charge in [0.05, 0.1) is 37.7 Å². The Bertz CT molecular complexity index is 1440. The zero-order valence-electron chi connectivity index (χ0n) is 20.2. The monoisotopic (exact) mass is 509 g/mol. The van der Waals surface area contributed by atoms with E-state index in [2.05, 4.69) is 15.4 Å². The second-order valence-corrected chi connectivity index (χ2v) is 8.23. The lowest BCUT2D eigenvalue weighted by Gasteiger charge is -2.17. The van der Waals surface area contributed by atoms with Crippen LogP contribution in [0, 0.1) is 11.6 Å². The second kappa shape index (κ2) is 11.6. The Hall–Kier alpha value is -4.38. The van der Waals surface area contributed by atoms with Crippen molar-refractivity contribution < 1.29 is 23.0 Å². The molecule has 0 saturated carbocycles. The van der Waals surface area contributed by atoms with Crippen LogP contribution in [0.1, 0.15) is 27.2 Å². The van der Waals surface area contributed by atoms with Gasteiger partial charge in [-0.2, -0.15) is 5.10 Å². The van der Waals surface area contributed by atoms with Crippen LogP contribution < -0.4 is 15.6 Å². The summed E-state index contributed by atoms with van der Waals surface area (Å²) in [4.78, 5) is 28.6. The van der Waals surface area contributed by atoms with E-state index in [9.17, 15) is 18.4 Å². The lowest BCUT2D eigenvalue weighted by molar-refractivity contribution is 0.0572. The summed E-state index contributed by atoms with van der Waals surface area (Å²) in [7, 11) is 2.76. The third kappa shape index (κ3) is 6.44. The molecule has 0 aliphatic heterocycles. The maximum absolute atomic E-state index is 14.4. The fourth-order valence-electron chi connectivity index (χ4n) is 3.69. The summed E-state index contributed by atoms with van der Waals surface area (Å²) in [5, 5.41) is 6.93. The predicted octanol–water partition coefficient (Wildman–Crippen LogP) is 2.77. The Balaban J connectivity index is 1.36. The number of amides is 1. The van der Waals surface area contributed by atoms with Crippen molar-refractivity contribution in [1.82, 2.24) is 24.6 Å². The summed E-state index contributed by atoms with van der Waals surface area (Å²) in [6.07, 6.45) is 4.80. The molecule has 1 aromatic carbocycles. The number of hydrogen-bond donors (Lipinski definition) is 1. The molecule has 4 rings (SSSR count). The zero-order chi connectivity index (χ0) is 26.4. The minimum absolute atomic E-state index is 0.00745. The van der Waals surface area contributed by atoms with E-state index in [1.807, 2.05) is 24.3 Å². The number of methoxy groups -OCH3 is 2. The van der Waals surface area contributed by atoms with Gasteiger partial charge in [0.25, 0.3) is 11.5 Å². The SMILES string of the molecule is COc1ccnc(CC(NC(=O)c2cnn(Cc3ccc(Cn4cc(F)ccc4=O)cc3)c2)OC)c1F. The van der Waals surface area contributed by atoms with Gasteiger partial charge in [-0.1, -0.05) is 24.3 Å². The molecule has 0 bridgehead atoms. The molecule has 192 valence electrons. The maximum Gasteiger partial charge on any atom is 0.256 e. The van der Waals surface area contributed by atoms with Crippen molar-refractivity contribution in [2.24, 2.45) is 0 Å². The highest BCUT2D eigenvalue weighted by Gasteiger charge is 2.19. The minimum atomic E-state index is -0.817. The van der Waals surface area contributed by atoms with Crippen molar-refractivity contribution in [3.05, 3.63) is 112 Å². The number of nitrogens with one attached hydrogen (secondary N) is 1. The number of rotatable bonds is 10. The first-order chi connectivity index (χ1) is 17.9. The maximum atomic E-state index is 14.4. The second-order valence-electron chi connectivity index (χ2n) is 8.23. The topological polar surface area (TPSA) is 100 Å². The van der Waals surface area contributed by atoms with E-state index in [1.54, 1.807) is 10.9 Å². The molecule has 0 fully saturated rings. The number of ether oxygens (including phenoxy) is 2. The number of halogens is 2. The van der Waals surface area contributed by atoms with Crippen molar-refractivity contribution in [2.45, 2.75) is 25.7 Å². The van der Waals surface area contributed by atoms with Gasteiger partial charge in [0.15, 0.2) is 11.6 Å². The first-order valence-electron chi connectivity index (χ1n) is 11.3. The number of carbonyl (C=O) groups excluding carboxylic acids is 1. The van der Waals surface area contributed by atoms with E-state index in [1.165, 1.54) is 49.5 Å². The van der Waals surface area contributed by atoms with E-state index >= 15 is 0 Å². The summed E-state index contributed by atoms with van der Waals surface area (Å²) >= 11 is 0. The standard InChI is InChI=1S/C26H25F2N5O4/c1-36-22-9-10-29-21(25(22)28)11-23(37-2)31-26(35)19-12-30-33(15-19)14-18-5-3-17(4-6-18)13-32-16-20(27)7-8-24(32)34/h3-10,12,15-16,23H,11,13-14H2,1-2H3,(H,31,35). The quantitative estimate of drug-likeness (QED) is 0.330. The van der Waals surface area contributed by atoms with Crippen LogP contribution in [0.3, 0.4) is 0 Å². The van der Waals surface area contributed by atoms with Gasteiger partial charge in [-0.25, -0.2) is 8.78 Å². The normalized spacial score (nSPS) is 11.8. The molecule has 0 spiro atoms. The number of aromatic nitrogens is 4.